The highest BCUT2D eigenvalue weighted by Crippen LogP contribution is 2.12. The lowest BCUT2D eigenvalue weighted by Crippen LogP contribution is -2.31. The Labute approximate surface area is 81.6 Å². The highest BCUT2D eigenvalue weighted by Gasteiger charge is 2.05. The molecule has 0 spiro atoms. The number of hydrogen-bond acceptors (Lipinski definition) is 3. The lowest BCUT2D eigenvalue weighted by Gasteiger charge is -2.11. The van der Waals surface area contributed by atoms with E-state index in [1.165, 1.54) is 0 Å². The van der Waals surface area contributed by atoms with Gasteiger partial charge in [-0.2, -0.15) is 0 Å². The van der Waals surface area contributed by atoms with Crippen LogP contribution in [0.25, 0.3) is 0 Å². The summed E-state index contributed by atoms with van der Waals surface area (Å²) in [7, 11) is 1.57. The highest BCUT2D eigenvalue weighted by molar-refractivity contribution is 5.70. The molecule has 0 aromatic heterocycles. The van der Waals surface area contributed by atoms with Gasteiger partial charge in [-0.3, -0.25) is 5.21 Å². The highest BCUT2D eigenvalue weighted by atomic mass is 16.5. The molecule has 1 aromatic carbocycles. The molecule has 14 heavy (non-hydrogen) atoms. The van der Waals surface area contributed by atoms with E-state index in [-0.39, 0.29) is 6.54 Å². The van der Waals surface area contributed by atoms with E-state index < -0.39 is 6.03 Å². The number of methoxy groups -OCH3 is 1. The van der Waals surface area contributed by atoms with E-state index >= 15 is 0 Å². The summed E-state index contributed by atoms with van der Waals surface area (Å²) in [6.07, 6.45) is 0. The van der Waals surface area contributed by atoms with Crippen LogP contribution in [0.5, 0.6) is 5.75 Å². The van der Waals surface area contributed by atoms with E-state index in [4.69, 9.17) is 15.7 Å². The summed E-state index contributed by atoms with van der Waals surface area (Å²) in [6, 6.07) is 6.09. The van der Waals surface area contributed by atoms with Gasteiger partial charge in [0.15, 0.2) is 0 Å². The molecule has 2 amide bonds. The third-order valence-electron chi connectivity index (χ3n) is 1.75. The van der Waals surface area contributed by atoms with Gasteiger partial charge in [0.25, 0.3) is 0 Å². The maximum absolute atomic E-state index is 10.5. The van der Waals surface area contributed by atoms with Crippen LogP contribution in [0.1, 0.15) is 5.56 Å². The Morgan fingerprint density at radius 2 is 2.07 bits per heavy atom. The molecule has 0 saturated carbocycles. The Hall–Kier alpha value is -1.75. The van der Waals surface area contributed by atoms with Crippen molar-refractivity contribution in [2.45, 2.75) is 6.54 Å². The van der Waals surface area contributed by atoms with E-state index in [2.05, 4.69) is 0 Å². The van der Waals surface area contributed by atoms with E-state index in [9.17, 15) is 4.79 Å². The molecule has 0 aliphatic carbocycles. The number of ether oxygens (including phenoxy) is 1. The van der Waals surface area contributed by atoms with Crippen LogP contribution < -0.4 is 10.5 Å². The third kappa shape index (κ3) is 2.63. The van der Waals surface area contributed by atoms with Gasteiger partial charge in [-0.15, -0.1) is 0 Å². The van der Waals surface area contributed by atoms with Gasteiger partial charge in [-0.25, -0.2) is 9.86 Å². The first kappa shape index (κ1) is 10.3. The van der Waals surface area contributed by atoms with Crippen molar-refractivity contribution < 1.29 is 14.7 Å². The van der Waals surface area contributed by atoms with E-state index in [1.807, 2.05) is 0 Å². The topological polar surface area (TPSA) is 75.8 Å². The summed E-state index contributed by atoms with van der Waals surface area (Å²) in [6.45, 7) is 0.0688. The molecule has 1 aromatic rings. The normalized spacial score (nSPS) is 9.57. The first-order valence-electron chi connectivity index (χ1n) is 4.02. The zero-order valence-electron chi connectivity index (χ0n) is 7.80. The molecule has 0 unspecified atom stereocenters. The van der Waals surface area contributed by atoms with Gasteiger partial charge in [-0.05, 0) is 17.7 Å². The minimum absolute atomic E-state index is 0.0688. The number of carbonyl (C=O) groups excluding carboxylic acids is 1. The molecule has 0 radical (unpaired) electrons. The van der Waals surface area contributed by atoms with Crippen LogP contribution in [0, 0.1) is 0 Å². The van der Waals surface area contributed by atoms with E-state index in [0.717, 1.165) is 11.3 Å². The largest absolute Gasteiger partial charge is 0.497 e. The van der Waals surface area contributed by atoms with E-state index in [1.54, 1.807) is 31.4 Å². The smallest absolute Gasteiger partial charge is 0.338 e. The molecule has 5 heteroatoms. The Balaban J connectivity index is 2.64. The summed E-state index contributed by atoms with van der Waals surface area (Å²) in [5, 5.41) is 9.48. The molecular weight excluding hydrogens is 184 g/mol. The molecule has 1 rings (SSSR count). The maximum atomic E-state index is 10.5. The Bertz CT molecular complexity index is 310. The second-order valence-corrected chi connectivity index (χ2v) is 2.74. The van der Waals surface area contributed by atoms with Gasteiger partial charge in [-0.1, -0.05) is 12.1 Å². The predicted molar refractivity (Wildman–Crippen MR) is 49.9 cm³/mol. The Morgan fingerprint density at radius 3 is 2.50 bits per heavy atom. The molecule has 76 valence electrons. The third-order valence-corrected chi connectivity index (χ3v) is 1.75. The number of carbonyl (C=O) groups is 1. The van der Waals surface area contributed by atoms with Gasteiger partial charge in [0.2, 0.25) is 0 Å². The maximum Gasteiger partial charge on any atom is 0.338 e. The van der Waals surface area contributed by atoms with Crippen molar-refractivity contribution in [2.75, 3.05) is 7.11 Å². The zero-order chi connectivity index (χ0) is 10.6. The van der Waals surface area contributed by atoms with Crippen LogP contribution in [0.15, 0.2) is 24.3 Å². The average Bonchev–Trinajstić information content (AvgIpc) is 2.19. The van der Waals surface area contributed by atoms with Gasteiger partial charge in [0, 0.05) is 0 Å². The summed E-state index contributed by atoms with van der Waals surface area (Å²) in [5.41, 5.74) is 5.62. The van der Waals surface area contributed by atoms with Crippen LogP contribution >= 0.6 is 0 Å². The lowest BCUT2D eigenvalue weighted by molar-refractivity contribution is -0.0470. The standard InChI is InChI=1S/C9H12N2O3/c1-14-8-4-2-7(3-5-8)6-11(13)9(10)12/h2-5,13H,6H2,1H3,(H2,10,12). The van der Waals surface area contributed by atoms with Crippen LogP contribution in [0.4, 0.5) is 4.79 Å². The number of urea groups is 1. The number of hydroxylamine groups is 2. The molecule has 0 aliphatic heterocycles. The lowest BCUT2D eigenvalue weighted by atomic mass is 10.2. The van der Waals surface area contributed by atoms with Crippen molar-refractivity contribution in [3.63, 3.8) is 0 Å². The fraction of sp³-hybridized carbons (Fsp3) is 0.222. The number of amides is 2. The van der Waals surface area contributed by atoms with Crippen molar-refractivity contribution in [3.8, 4) is 5.75 Å². The van der Waals surface area contributed by atoms with Crippen molar-refractivity contribution >= 4 is 6.03 Å². The van der Waals surface area contributed by atoms with Crippen LogP contribution in [-0.2, 0) is 6.54 Å². The molecule has 3 N–H and O–H groups in total. The fourth-order valence-corrected chi connectivity index (χ4v) is 0.982. The van der Waals surface area contributed by atoms with Crippen LogP contribution in [0.3, 0.4) is 0 Å². The first-order chi connectivity index (χ1) is 6.63. The number of primary amides is 1. The molecule has 0 atom stereocenters. The minimum atomic E-state index is -0.874. The molecule has 0 saturated heterocycles. The molecular formula is C9H12N2O3. The summed E-state index contributed by atoms with van der Waals surface area (Å²) in [5.74, 6) is 0.720. The molecule has 0 fully saturated rings. The number of nitrogens with zero attached hydrogens (tertiary/aromatic N) is 1. The second kappa shape index (κ2) is 4.48. The Morgan fingerprint density at radius 1 is 1.50 bits per heavy atom. The molecule has 0 aliphatic rings. The van der Waals surface area contributed by atoms with E-state index in [0.29, 0.717) is 5.06 Å². The fourth-order valence-electron chi connectivity index (χ4n) is 0.982. The van der Waals surface area contributed by atoms with Crippen LogP contribution in [-0.4, -0.2) is 23.4 Å². The van der Waals surface area contributed by atoms with Gasteiger partial charge >= 0.3 is 6.03 Å². The summed E-state index contributed by atoms with van der Waals surface area (Å²) < 4.78 is 4.95. The average molecular weight is 196 g/mol. The van der Waals surface area contributed by atoms with Crippen molar-refractivity contribution in [3.05, 3.63) is 29.8 Å². The number of hydrogen-bond donors (Lipinski definition) is 2. The number of rotatable bonds is 3. The monoisotopic (exact) mass is 196 g/mol. The molecule has 0 bridgehead atoms. The number of nitrogens with two attached hydrogens (primary N) is 1. The first-order valence-corrected chi connectivity index (χ1v) is 4.02. The molecule has 0 heterocycles. The van der Waals surface area contributed by atoms with Crippen LogP contribution in [0.2, 0.25) is 0 Å². The molecule has 5 nitrogen and oxygen atoms in total. The second-order valence-electron chi connectivity index (χ2n) is 2.74. The predicted octanol–water partition coefficient (Wildman–Crippen LogP) is 0.965. The van der Waals surface area contributed by atoms with Crippen molar-refractivity contribution in [1.82, 2.24) is 5.06 Å². The van der Waals surface area contributed by atoms with Gasteiger partial charge in [0.05, 0.1) is 13.7 Å². The Kier molecular flexibility index (Phi) is 3.30. The summed E-state index contributed by atoms with van der Waals surface area (Å²) in [4.78, 5) is 10.5. The SMILES string of the molecule is COc1ccc(CN(O)C(N)=O)cc1. The summed E-state index contributed by atoms with van der Waals surface area (Å²) >= 11 is 0. The van der Waals surface area contributed by atoms with Gasteiger partial charge in [0.1, 0.15) is 5.75 Å². The zero-order valence-corrected chi connectivity index (χ0v) is 7.80. The quantitative estimate of drug-likeness (QED) is 0.558. The van der Waals surface area contributed by atoms with Crippen molar-refractivity contribution in [2.24, 2.45) is 5.73 Å². The number of benzene rings is 1. The van der Waals surface area contributed by atoms with Gasteiger partial charge < -0.3 is 10.5 Å². The van der Waals surface area contributed by atoms with Crippen molar-refractivity contribution in [1.29, 1.82) is 0 Å². The minimum Gasteiger partial charge on any atom is -0.497 e.